The van der Waals surface area contributed by atoms with Gasteiger partial charge in [-0.25, -0.2) is 0 Å². The summed E-state index contributed by atoms with van der Waals surface area (Å²) >= 11 is 0. The smallest absolute Gasteiger partial charge is 0.292 e. The SMILES string of the molecule is O=C(CNc1ccccc1[N+](=O)[O-])NCC1(O)CCCCCC1. The topological polar surface area (TPSA) is 104 Å². The summed E-state index contributed by atoms with van der Waals surface area (Å²) in [6.07, 6.45) is 5.59. The average molecular weight is 321 g/mol. The molecule has 0 heterocycles. The number of amides is 1. The highest BCUT2D eigenvalue weighted by molar-refractivity contribution is 5.81. The van der Waals surface area contributed by atoms with Gasteiger partial charge in [0.05, 0.1) is 17.1 Å². The molecular weight excluding hydrogens is 298 g/mol. The summed E-state index contributed by atoms with van der Waals surface area (Å²) in [5, 5.41) is 26.9. The first-order chi connectivity index (χ1) is 11.0. The third-order valence-corrected chi connectivity index (χ3v) is 4.19. The van der Waals surface area contributed by atoms with Gasteiger partial charge < -0.3 is 15.7 Å². The molecule has 23 heavy (non-hydrogen) atoms. The Hall–Kier alpha value is -2.15. The van der Waals surface area contributed by atoms with Crippen molar-refractivity contribution in [1.82, 2.24) is 5.32 Å². The Morgan fingerprint density at radius 3 is 2.52 bits per heavy atom. The molecule has 3 N–H and O–H groups in total. The standard InChI is InChI=1S/C16H23N3O4/c20-15(18-12-16(21)9-5-1-2-6-10-16)11-17-13-7-3-4-8-14(13)19(22)23/h3-4,7-8,17,21H,1-2,5-6,9-12H2,(H,18,20). The number of hydrogen-bond donors (Lipinski definition) is 3. The van der Waals surface area contributed by atoms with E-state index >= 15 is 0 Å². The number of nitrogens with zero attached hydrogens (tertiary/aromatic N) is 1. The van der Waals surface area contributed by atoms with Crippen molar-refractivity contribution in [2.75, 3.05) is 18.4 Å². The predicted molar refractivity (Wildman–Crippen MR) is 87.2 cm³/mol. The van der Waals surface area contributed by atoms with Crippen LogP contribution >= 0.6 is 0 Å². The van der Waals surface area contributed by atoms with Gasteiger partial charge in [0, 0.05) is 12.6 Å². The van der Waals surface area contributed by atoms with Crippen molar-refractivity contribution < 1.29 is 14.8 Å². The maximum Gasteiger partial charge on any atom is 0.292 e. The van der Waals surface area contributed by atoms with Gasteiger partial charge in [-0.1, -0.05) is 37.8 Å². The molecule has 7 heteroatoms. The second-order valence-electron chi connectivity index (χ2n) is 6.04. The molecular formula is C16H23N3O4. The van der Waals surface area contributed by atoms with Gasteiger partial charge in [0.25, 0.3) is 5.69 Å². The zero-order chi connectivity index (χ0) is 16.7. The molecule has 1 aromatic carbocycles. The number of benzene rings is 1. The van der Waals surface area contributed by atoms with Crippen LogP contribution in [0.2, 0.25) is 0 Å². The summed E-state index contributed by atoms with van der Waals surface area (Å²) in [7, 11) is 0. The minimum absolute atomic E-state index is 0.0669. The van der Waals surface area contributed by atoms with Crippen LogP contribution in [0.4, 0.5) is 11.4 Å². The number of nitro benzene ring substituents is 1. The number of aliphatic hydroxyl groups is 1. The van der Waals surface area contributed by atoms with Gasteiger partial charge in [0.15, 0.2) is 0 Å². The Morgan fingerprint density at radius 1 is 1.22 bits per heavy atom. The molecule has 1 aromatic rings. The van der Waals surface area contributed by atoms with Gasteiger partial charge in [-0.2, -0.15) is 0 Å². The molecule has 1 saturated carbocycles. The van der Waals surface area contributed by atoms with Gasteiger partial charge in [-0.3, -0.25) is 14.9 Å². The molecule has 0 unspecified atom stereocenters. The third kappa shape index (κ3) is 5.21. The van der Waals surface area contributed by atoms with Crippen LogP contribution in [0.15, 0.2) is 24.3 Å². The largest absolute Gasteiger partial charge is 0.388 e. The molecule has 0 saturated heterocycles. The average Bonchev–Trinajstić information content (AvgIpc) is 2.76. The Balaban J connectivity index is 1.82. The second kappa shape index (κ2) is 7.92. The minimum atomic E-state index is -0.828. The van der Waals surface area contributed by atoms with E-state index in [1.54, 1.807) is 18.2 Å². The van der Waals surface area contributed by atoms with E-state index in [2.05, 4.69) is 10.6 Å². The zero-order valence-corrected chi connectivity index (χ0v) is 13.1. The van der Waals surface area contributed by atoms with Crippen LogP contribution in [0.3, 0.4) is 0 Å². The molecule has 1 aliphatic carbocycles. The maximum atomic E-state index is 11.9. The number of anilines is 1. The molecule has 1 amide bonds. The summed E-state index contributed by atoms with van der Waals surface area (Å²) in [5.74, 6) is -0.291. The van der Waals surface area contributed by atoms with Gasteiger partial charge in [0.1, 0.15) is 5.69 Å². The minimum Gasteiger partial charge on any atom is -0.388 e. The molecule has 0 bridgehead atoms. The molecule has 1 fully saturated rings. The van der Waals surface area contributed by atoms with Crippen LogP contribution in [0.5, 0.6) is 0 Å². The summed E-state index contributed by atoms with van der Waals surface area (Å²) in [6.45, 7) is 0.158. The molecule has 0 spiro atoms. The van der Waals surface area contributed by atoms with Crippen molar-refractivity contribution in [3.63, 3.8) is 0 Å². The number of para-hydroxylation sites is 2. The Bertz CT molecular complexity index is 554. The van der Waals surface area contributed by atoms with E-state index in [1.807, 2.05) is 0 Å². The molecule has 2 rings (SSSR count). The van der Waals surface area contributed by atoms with Crippen LogP contribution in [-0.2, 0) is 4.79 Å². The number of hydrogen-bond acceptors (Lipinski definition) is 5. The Morgan fingerprint density at radius 2 is 1.87 bits per heavy atom. The van der Waals surface area contributed by atoms with Crippen LogP contribution in [-0.4, -0.2) is 34.6 Å². The molecule has 0 atom stereocenters. The van der Waals surface area contributed by atoms with E-state index in [4.69, 9.17) is 0 Å². The van der Waals surface area contributed by atoms with E-state index < -0.39 is 10.5 Å². The Labute approximate surface area is 135 Å². The van der Waals surface area contributed by atoms with E-state index in [1.165, 1.54) is 6.07 Å². The lowest BCUT2D eigenvalue weighted by Crippen LogP contribution is -2.44. The van der Waals surface area contributed by atoms with Gasteiger partial charge in [-0.05, 0) is 18.9 Å². The summed E-state index contributed by atoms with van der Waals surface area (Å²) in [4.78, 5) is 22.3. The number of rotatable bonds is 6. The first-order valence-corrected chi connectivity index (χ1v) is 7.97. The van der Waals surface area contributed by atoms with E-state index in [9.17, 15) is 20.0 Å². The zero-order valence-electron chi connectivity index (χ0n) is 13.1. The second-order valence-corrected chi connectivity index (χ2v) is 6.04. The predicted octanol–water partition coefficient (Wildman–Crippen LogP) is 2.21. The first kappa shape index (κ1) is 17.2. The highest BCUT2D eigenvalue weighted by Crippen LogP contribution is 2.26. The van der Waals surface area contributed by atoms with Crippen molar-refractivity contribution in [3.8, 4) is 0 Å². The van der Waals surface area contributed by atoms with Crippen molar-refractivity contribution in [1.29, 1.82) is 0 Å². The van der Waals surface area contributed by atoms with Crippen molar-refractivity contribution in [2.45, 2.75) is 44.1 Å². The van der Waals surface area contributed by atoms with Crippen molar-refractivity contribution in [2.24, 2.45) is 0 Å². The summed E-state index contributed by atoms with van der Waals surface area (Å²) in [5.41, 5.74) is -0.589. The lowest BCUT2D eigenvalue weighted by molar-refractivity contribution is -0.383. The van der Waals surface area contributed by atoms with Crippen LogP contribution in [0.25, 0.3) is 0 Å². The highest BCUT2D eigenvalue weighted by atomic mass is 16.6. The van der Waals surface area contributed by atoms with Crippen LogP contribution in [0.1, 0.15) is 38.5 Å². The molecule has 0 aromatic heterocycles. The fraction of sp³-hybridized carbons (Fsp3) is 0.562. The molecule has 1 aliphatic rings. The van der Waals surface area contributed by atoms with Crippen molar-refractivity contribution >= 4 is 17.3 Å². The summed E-state index contributed by atoms with van der Waals surface area (Å²) in [6, 6.07) is 6.19. The summed E-state index contributed by atoms with van der Waals surface area (Å²) < 4.78 is 0. The molecule has 7 nitrogen and oxygen atoms in total. The fourth-order valence-corrected chi connectivity index (χ4v) is 2.85. The Kier molecular flexibility index (Phi) is 5.92. The van der Waals surface area contributed by atoms with Crippen LogP contribution in [0, 0.1) is 10.1 Å². The van der Waals surface area contributed by atoms with E-state index in [0.717, 1.165) is 25.7 Å². The number of nitro groups is 1. The maximum absolute atomic E-state index is 11.9. The van der Waals surface area contributed by atoms with Gasteiger partial charge >= 0.3 is 0 Å². The van der Waals surface area contributed by atoms with Gasteiger partial charge in [-0.15, -0.1) is 0 Å². The molecule has 0 aliphatic heterocycles. The third-order valence-electron chi connectivity index (χ3n) is 4.19. The number of nitrogens with one attached hydrogen (secondary N) is 2. The normalized spacial score (nSPS) is 17.1. The first-order valence-electron chi connectivity index (χ1n) is 7.97. The van der Waals surface area contributed by atoms with Crippen molar-refractivity contribution in [3.05, 3.63) is 34.4 Å². The fourth-order valence-electron chi connectivity index (χ4n) is 2.85. The molecule has 0 radical (unpaired) electrons. The van der Waals surface area contributed by atoms with E-state index in [-0.39, 0.29) is 24.7 Å². The lowest BCUT2D eigenvalue weighted by Gasteiger charge is -2.26. The molecule has 126 valence electrons. The van der Waals surface area contributed by atoms with E-state index in [0.29, 0.717) is 18.5 Å². The number of carbonyl (C=O) groups is 1. The lowest BCUT2D eigenvalue weighted by atomic mass is 9.94. The van der Waals surface area contributed by atoms with Gasteiger partial charge in [0.2, 0.25) is 5.91 Å². The van der Waals surface area contributed by atoms with Crippen LogP contribution < -0.4 is 10.6 Å². The highest BCUT2D eigenvalue weighted by Gasteiger charge is 2.28. The number of carbonyl (C=O) groups excluding carboxylic acids is 1. The monoisotopic (exact) mass is 321 g/mol. The quantitative estimate of drug-likeness (QED) is 0.423.